The summed E-state index contributed by atoms with van der Waals surface area (Å²) in [4.78, 5) is 0. The van der Waals surface area contributed by atoms with Crippen molar-refractivity contribution in [3.05, 3.63) is 261 Å². The quantitative estimate of drug-likeness (QED) is 0.106. The molecule has 442 valence electrons. The summed E-state index contributed by atoms with van der Waals surface area (Å²) in [6.45, 7) is 40.0. The number of para-hydroxylation sites is 2. The summed E-state index contributed by atoms with van der Waals surface area (Å²) in [5, 5.41) is 4.09. The van der Waals surface area contributed by atoms with Gasteiger partial charge in [-0.3, -0.25) is 0 Å². The summed E-state index contributed by atoms with van der Waals surface area (Å²) in [6.07, 6.45) is 7.56. The van der Waals surface area contributed by atoms with Crippen LogP contribution >= 0.6 is 0 Å². The summed E-state index contributed by atoms with van der Waals surface area (Å²) in [6, 6.07) is 66.5. The van der Waals surface area contributed by atoms with E-state index in [2.05, 4.69) is 207 Å². The number of benzene rings is 8. The molecule has 3 aliphatic carbocycles. The first-order chi connectivity index (χ1) is 42.8. The second kappa shape index (κ2) is 27.1. The third-order valence-electron chi connectivity index (χ3n) is 17.3. The molecule has 6 aliphatic heterocycles. The molecule has 2 aromatic heterocycles. The first kappa shape index (κ1) is 63.9. The fraction of sp³-hybridized carbons (Fsp3) is 0.317. The minimum atomic E-state index is -0.380. The van der Waals surface area contributed by atoms with Crippen LogP contribution in [0.4, 0.5) is 11.4 Å². The van der Waals surface area contributed by atoms with Gasteiger partial charge in [-0.15, -0.1) is 18.3 Å². The molecule has 10 aromatic rings. The van der Waals surface area contributed by atoms with Crippen molar-refractivity contribution in [3.63, 3.8) is 0 Å². The highest BCUT2D eigenvalue weighted by atomic mass is 15.4. The van der Waals surface area contributed by atoms with Crippen LogP contribution in [0.15, 0.2) is 188 Å². The number of hydrogen-bond acceptors (Lipinski definition) is 0. The Kier molecular flexibility index (Phi) is 20.1. The lowest BCUT2D eigenvalue weighted by Gasteiger charge is -2.30. The van der Waals surface area contributed by atoms with Crippen molar-refractivity contribution in [2.45, 2.75) is 175 Å². The number of nitrogens with zero attached hydrogens (tertiary/aromatic N) is 4. The van der Waals surface area contributed by atoms with E-state index in [9.17, 15) is 0 Å². The highest BCUT2D eigenvalue weighted by Crippen LogP contribution is 2.65. The molecule has 86 heavy (non-hydrogen) atoms. The third-order valence-corrected chi connectivity index (χ3v) is 17.3. The van der Waals surface area contributed by atoms with Crippen LogP contribution < -0.4 is 9.13 Å². The molecule has 4 nitrogen and oxygen atoms in total. The predicted octanol–water partition coefficient (Wildman–Crippen LogP) is 21.1. The van der Waals surface area contributed by atoms with Gasteiger partial charge in [0, 0.05) is 46.8 Å². The smallest absolute Gasteiger partial charge is 0.126 e. The summed E-state index contributed by atoms with van der Waals surface area (Å²) >= 11 is 0. The van der Waals surface area contributed by atoms with E-state index in [1.165, 1.54) is 139 Å². The number of aromatic nitrogens is 2. The first-order valence-corrected chi connectivity index (χ1v) is 33.7. The second-order valence-corrected chi connectivity index (χ2v) is 19.8. The summed E-state index contributed by atoms with van der Waals surface area (Å²) < 4.78 is 10.6. The van der Waals surface area contributed by atoms with E-state index in [0.29, 0.717) is 0 Å². The Morgan fingerprint density at radius 2 is 0.837 bits per heavy atom. The van der Waals surface area contributed by atoms with Gasteiger partial charge < -0.3 is 0 Å². The zero-order chi connectivity index (χ0) is 62.4. The number of pyridine rings is 2. The van der Waals surface area contributed by atoms with Crippen LogP contribution in [0, 0.1) is 0 Å². The van der Waals surface area contributed by atoms with Gasteiger partial charge in [-0.2, -0.15) is 0 Å². The van der Waals surface area contributed by atoms with Crippen molar-refractivity contribution in [2.24, 2.45) is 0 Å². The molecule has 8 aromatic carbocycles. The van der Waals surface area contributed by atoms with E-state index in [0.717, 1.165) is 19.3 Å². The van der Waals surface area contributed by atoms with E-state index in [-0.39, 0.29) is 17.2 Å². The van der Waals surface area contributed by atoms with Crippen molar-refractivity contribution in [1.82, 2.24) is 0 Å². The molecule has 3 atom stereocenters. The van der Waals surface area contributed by atoms with Crippen LogP contribution in [0.5, 0.6) is 0 Å². The van der Waals surface area contributed by atoms with Gasteiger partial charge in [0.05, 0.1) is 28.5 Å². The molecule has 0 radical (unpaired) electrons. The molecular weight excluding hydrogens is 1040 g/mol. The predicted molar refractivity (Wildman–Crippen MR) is 370 cm³/mol. The maximum Gasteiger partial charge on any atom is 0.418 e. The molecule has 0 saturated carbocycles. The van der Waals surface area contributed by atoms with Crippen LogP contribution in [0.2, 0.25) is 0 Å². The first-order valence-electron chi connectivity index (χ1n) is 33.7. The zero-order valence-electron chi connectivity index (χ0n) is 55.9. The lowest BCUT2D eigenvalue weighted by molar-refractivity contribution is -0.950. The fourth-order valence-corrected chi connectivity index (χ4v) is 15.3. The maximum absolute atomic E-state index is 2.79. The topological polar surface area (TPSA) is 13.8 Å². The number of rotatable bonds is 0. The SMILES string of the molecule is CC.CC.CC.CC.CC.CC.CC.CC.CC.CC.c1cc2c3c(c1)-c1cccc[n+]1C31c3c(ccc4ccc5ccc[n+]1c5c34)C2.c1ccc2c(c1)CC1=[N+]2C23c4c(cccc41)Cc1ccc4c(c12)C1=[N+]3c2ccccc2C1c1ccccc1-4. The summed E-state index contributed by atoms with van der Waals surface area (Å²) in [7, 11) is 0. The monoisotopic (exact) mass is 1140 g/mol. The molecule has 0 amide bonds. The molecule has 8 heterocycles. The van der Waals surface area contributed by atoms with Crippen LogP contribution in [0.1, 0.15) is 217 Å². The zero-order valence-corrected chi connectivity index (χ0v) is 55.9. The molecule has 2 spiro atoms. The van der Waals surface area contributed by atoms with Gasteiger partial charge in [-0.1, -0.05) is 254 Å². The maximum atomic E-state index is 2.79. The molecule has 9 aliphatic rings. The standard InChI is InChI=1S/C36H22N2.C26H16N2.10C2H6/c1-5-14-28-20(8-1)19-30-27-13-7-9-21-18-22-16-17-25-23-10-2-3-11-24(23)31-26-12-4-6-15-29(26)38-35(31)32(25)34(22)36(38,33(21)27)37(28)30;1-2-13-27-21(8-1)20-7-3-5-18-15-19-12-10-16-9-11-17-6-4-14-28-25(17)22(16)24(19)26(27,28)23(18)20;10*1-2/h1-17,31H,18-19H2;1-14H,15H2;10*1-2H3/q2*+2;;;;;;;;;;. The van der Waals surface area contributed by atoms with Crippen molar-refractivity contribution < 1.29 is 18.3 Å². The van der Waals surface area contributed by atoms with Crippen LogP contribution in [0.3, 0.4) is 0 Å². The average Bonchev–Trinajstić information content (AvgIpc) is 1.48. The Morgan fingerprint density at radius 3 is 1.53 bits per heavy atom. The number of hydrogen-bond donors (Lipinski definition) is 0. The minimum absolute atomic E-state index is 0.263. The van der Waals surface area contributed by atoms with E-state index >= 15 is 0 Å². The second-order valence-electron chi connectivity index (χ2n) is 19.8. The summed E-state index contributed by atoms with van der Waals surface area (Å²) in [5.41, 5.74) is 31.0. The van der Waals surface area contributed by atoms with Crippen molar-refractivity contribution in [3.8, 4) is 22.4 Å². The van der Waals surface area contributed by atoms with E-state index in [4.69, 9.17) is 0 Å². The Hall–Kier alpha value is -8.08. The number of fused-ring (bicyclic) bond motifs is 11. The molecular formula is C82H98N4+4. The van der Waals surface area contributed by atoms with Gasteiger partial charge >= 0.3 is 11.3 Å². The largest absolute Gasteiger partial charge is 0.418 e. The van der Waals surface area contributed by atoms with Crippen molar-refractivity contribution >= 4 is 44.5 Å². The molecule has 0 bridgehead atoms. The molecule has 0 N–H and O–H groups in total. The van der Waals surface area contributed by atoms with Gasteiger partial charge in [0.15, 0.2) is 12.4 Å². The van der Waals surface area contributed by atoms with Gasteiger partial charge in [-0.05, 0) is 87.5 Å². The Labute approximate surface area is 517 Å². The van der Waals surface area contributed by atoms with Crippen LogP contribution in [-0.4, -0.2) is 20.6 Å². The normalized spacial score (nSPS) is 17.0. The molecule has 4 heteroatoms. The third kappa shape index (κ3) is 8.42. The van der Waals surface area contributed by atoms with Gasteiger partial charge in [0.1, 0.15) is 28.2 Å². The Bertz CT molecular complexity index is 4170. The van der Waals surface area contributed by atoms with Crippen molar-refractivity contribution in [2.75, 3.05) is 0 Å². The van der Waals surface area contributed by atoms with Gasteiger partial charge in [-0.25, -0.2) is 0 Å². The lowest BCUT2D eigenvalue weighted by atomic mass is 9.69. The molecule has 19 rings (SSSR count). The molecule has 0 saturated heterocycles. The van der Waals surface area contributed by atoms with Gasteiger partial charge in [0.2, 0.25) is 34.0 Å². The van der Waals surface area contributed by atoms with Crippen molar-refractivity contribution in [1.29, 1.82) is 0 Å². The van der Waals surface area contributed by atoms with E-state index < -0.39 is 0 Å². The Morgan fingerprint density at radius 1 is 0.326 bits per heavy atom. The van der Waals surface area contributed by atoms with Crippen LogP contribution in [0.25, 0.3) is 44.1 Å². The van der Waals surface area contributed by atoms with E-state index in [1.54, 1.807) is 0 Å². The van der Waals surface area contributed by atoms with Crippen LogP contribution in [-0.2, 0) is 30.6 Å². The van der Waals surface area contributed by atoms with E-state index in [1.807, 2.05) is 138 Å². The molecule has 0 fully saturated rings. The fourth-order valence-electron chi connectivity index (χ4n) is 15.3. The Balaban J connectivity index is 0.000000178. The minimum Gasteiger partial charge on any atom is -0.126 e. The average molecular weight is 1140 g/mol. The molecule has 3 unspecified atom stereocenters. The lowest BCUT2D eigenvalue weighted by Crippen LogP contribution is -2.72. The summed E-state index contributed by atoms with van der Waals surface area (Å²) in [5.74, 6) is 0.263. The van der Waals surface area contributed by atoms with Gasteiger partial charge in [0.25, 0.3) is 0 Å². The highest BCUT2D eigenvalue weighted by Gasteiger charge is 2.76. The highest BCUT2D eigenvalue weighted by molar-refractivity contribution is 6.18.